The van der Waals surface area contributed by atoms with E-state index in [0.29, 0.717) is 12.1 Å². The second-order valence-electron chi connectivity index (χ2n) is 8.54. The van der Waals surface area contributed by atoms with Crippen molar-refractivity contribution in [2.45, 2.75) is 66.2 Å². The first-order valence-corrected chi connectivity index (χ1v) is 9.84. The van der Waals surface area contributed by atoms with Crippen LogP contribution in [-0.4, -0.2) is 60.2 Å². The highest BCUT2D eigenvalue weighted by Crippen LogP contribution is 2.31. The first kappa shape index (κ1) is 23.6. The molecule has 0 radical (unpaired) electrons. The topological polar surface area (TPSA) is 53.0 Å². The van der Waals surface area contributed by atoms with E-state index in [2.05, 4.69) is 58.3 Å². The van der Waals surface area contributed by atoms with Gasteiger partial charge in [0.1, 0.15) is 11.5 Å². The summed E-state index contributed by atoms with van der Waals surface area (Å²) in [5.41, 5.74) is 1.83. The molecule has 1 N–H and O–H groups in total. The maximum Gasteiger partial charge on any atom is 0.153 e. The summed E-state index contributed by atoms with van der Waals surface area (Å²) in [6.07, 6.45) is 0.740. The van der Waals surface area contributed by atoms with Crippen LogP contribution < -0.4 is 0 Å². The van der Waals surface area contributed by atoms with Crippen LogP contribution in [0, 0.1) is 0 Å². The summed E-state index contributed by atoms with van der Waals surface area (Å²) in [7, 11) is 1.73. The third-order valence-corrected chi connectivity index (χ3v) is 5.38. The lowest BCUT2D eigenvalue weighted by molar-refractivity contribution is -0.108. The molecule has 154 valence electrons. The van der Waals surface area contributed by atoms with Crippen LogP contribution >= 0.6 is 0 Å². The van der Waals surface area contributed by atoms with E-state index >= 15 is 0 Å². The Morgan fingerprint density at radius 3 is 2.15 bits per heavy atom. The summed E-state index contributed by atoms with van der Waals surface area (Å²) >= 11 is 0. The van der Waals surface area contributed by atoms with E-state index in [1.54, 1.807) is 13.2 Å². The number of carbonyl (C=O) groups is 1. The normalized spacial score (nSPS) is 12.8. The van der Waals surface area contributed by atoms with Crippen molar-refractivity contribution in [3.63, 3.8) is 0 Å². The molecule has 1 rings (SSSR count). The second-order valence-corrected chi connectivity index (χ2v) is 8.54. The van der Waals surface area contributed by atoms with Crippen molar-refractivity contribution in [2.75, 3.05) is 33.3 Å². The van der Waals surface area contributed by atoms with Gasteiger partial charge in [-0.2, -0.15) is 0 Å². The minimum absolute atomic E-state index is 0.0846. The van der Waals surface area contributed by atoms with Gasteiger partial charge in [0.15, 0.2) is 6.29 Å². The van der Waals surface area contributed by atoms with E-state index in [4.69, 9.17) is 4.74 Å². The molecule has 0 saturated heterocycles. The van der Waals surface area contributed by atoms with Crippen molar-refractivity contribution in [3.05, 3.63) is 28.8 Å². The Balaban J connectivity index is 3.01. The van der Waals surface area contributed by atoms with Gasteiger partial charge < -0.3 is 9.84 Å². The molecule has 1 aromatic rings. The smallest absolute Gasteiger partial charge is 0.153 e. The number of nitrogens with zero attached hydrogens (tertiary/aromatic N) is 2. The molecule has 27 heavy (non-hydrogen) atoms. The Labute approximate surface area is 165 Å². The molecule has 0 unspecified atom stereocenters. The van der Waals surface area contributed by atoms with Crippen LogP contribution in [0.1, 0.15) is 70.0 Å². The second kappa shape index (κ2) is 9.67. The molecule has 0 heterocycles. The largest absolute Gasteiger partial charge is 0.507 e. The third kappa shape index (κ3) is 6.30. The minimum atomic E-state index is -0.312. The molecule has 0 bridgehead atoms. The Morgan fingerprint density at radius 1 is 1.07 bits per heavy atom. The number of likely N-dealkylation sites (N-methyl/N-ethyl adjacent to an activating group) is 2. The van der Waals surface area contributed by atoms with E-state index < -0.39 is 0 Å². The van der Waals surface area contributed by atoms with E-state index in [9.17, 15) is 9.90 Å². The average Bonchev–Trinajstić information content (AvgIpc) is 2.61. The van der Waals surface area contributed by atoms with Crippen LogP contribution in [0.25, 0.3) is 0 Å². The first-order chi connectivity index (χ1) is 12.5. The van der Waals surface area contributed by atoms with Crippen LogP contribution in [0.3, 0.4) is 0 Å². The van der Waals surface area contributed by atoms with Crippen molar-refractivity contribution < 1.29 is 14.6 Å². The quantitative estimate of drug-likeness (QED) is 0.492. The van der Waals surface area contributed by atoms with E-state index in [-0.39, 0.29) is 16.9 Å². The molecular formula is C22H38N2O3. The monoisotopic (exact) mass is 378 g/mol. The van der Waals surface area contributed by atoms with Gasteiger partial charge in [-0.15, -0.1) is 0 Å². The zero-order chi connectivity index (χ0) is 20.8. The molecule has 0 saturated carbocycles. The maximum atomic E-state index is 11.4. The molecule has 0 aliphatic rings. The van der Waals surface area contributed by atoms with Gasteiger partial charge in [-0.1, -0.05) is 40.7 Å². The molecule has 0 spiro atoms. The Bertz CT molecular complexity index is 621. The molecule has 5 nitrogen and oxygen atoms in total. The lowest BCUT2D eigenvalue weighted by Crippen LogP contribution is -2.48. The lowest BCUT2D eigenvalue weighted by Gasteiger charge is -2.37. The van der Waals surface area contributed by atoms with Crippen LogP contribution in [0.2, 0.25) is 0 Å². The fraction of sp³-hybridized carbons (Fsp3) is 0.682. The van der Waals surface area contributed by atoms with Crippen molar-refractivity contribution >= 4 is 6.29 Å². The van der Waals surface area contributed by atoms with Gasteiger partial charge >= 0.3 is 0 Å². The number of rotatable bonds is 10. The van der Waals surface area contributed by atoms with Crippen molar-refractivity contribution in [1.29, 1.82) is 0 Å². The molecular weight excluding hydrogens is 340 g/mol. The average molecular weight is 379 g/mol. The Kier molecular flexibility index (Phi) is 8.46. The van der Waals surface area contributed by atoms with Crippen LogP contribution in [0.15, 0.2) is 12.1 Å². The first-order valence-electron chi connectivity index (χ1n) is 9.84. The predicted octanol–water partition coefficient (Wildman–Crippen LogP) is 4.03. The van der Waals surface area contributed by atoms with Crippen molar-refractivity contribution in [1.82, 2.24) is 9.80 Å². The summed E-state index contributed by atoms with van der Waals surface area (Å²) in [5.74, 6) is 0.0982. The minimum Gasteiger partial charge on any atom is -0.507 e. The number of hydrogen-bond acceptors (Lipinski definition) is 5. The molecule has 0 aliphatic carbocycles. The van der Waals surface area contributed by atoms with Gasteiger partial charge in [0.25, 0.3) is 0 Å². The number of benzene rings is 1. The van der Waals surface area contributed by atoms with Gasteiger partial charge in [-0.25, -0.2) is 0 Å². The van der Waals surface area contributed by atoms with Gasteiger partial charge in [-0.3, -0.25) is 14.6 Å². The van der Waals surface area contributed by atoms with Crippen molar-refractivity contribution in [2.24, 2.45) is 0 Å². The molecule has 0 aliphatic heterocycles. The predicted molar refractivity (Wildman–Crippen MR) is 111 cm³/mol. The van der Waals surface area contributed by atoms with E-state index in [1.165, 1.54) is 0 Å². The van der Waals surface area contributed by atoms with Gasteiger partial charge in [-0.05, 0) is 44.0 Å². The van der Waals surface area contributed by atoms with Gasteiger partial charge in [0, 0.05) is 32.3 Å². The summed E-state index contributed by atoms with van der Waals surface area (Å²) in [5, 5.41) is 10.5. The number of aromatic hydroxyl groups is 1. The molecule has 1 aromatic carbocycles. The summed E-state index contributed by atoms with van der Waals surface area (Å²) in [6.45, 7) is 18.8. The number of methoxy groups -OCH3 is 1. The van der Waals surface area contributed by atoms with E-state index in [0.717, 1.165) is 43.6 Å². The molecule has 0 fully saturated rings. The number of aldehydes is 1. The number of ether oxygens (including phenoxy) is 1. The zero-order valence-corrected chi connectivity index (χ0v) is 18.4. The summed E-state index contributed by atoms with van der Waals surface area (Å²) in [6, 6.07) is 3.82. The van der Waals surface area contributed by atoms with Crippen molar-refractivity contribution in [3.8, 4) is 5.75 Å². The fourth-order valence-corrected chi connectivity index (χ4v) is 3.15. The van der Waals surface area contributed by atoms with Crippen LogP contribution in [-0.2, 0) is 16.7 Å². The van der Waals surface area contributed by atoms with Crippen LogP contribution in [0.4, 0.5) is 0 Å². The zero-order valence-electron chi connectivity index (χ0n) is 18.4. The maximum absolute atomic E-state index is 11.4. The highest BCUT2D eigenvalue weighted by molar-refractivity contribution is 5.80. The molecule has 5 heteroatoms. The van der Waals surface area contributed by atoms with Gasteiger partial charge in [0.2, 0.25) is 0 Å². The summed E-state index contributed by atoms with van der Waals surface area (Å²) in [4.78, 5) is 16.0. The highest BCUT2D eigenvalue weighted by Gasteiger charge is 2.25. The lowest BCUT2D eigenvalue weighted by atomic mass is 9.84. The van der Waals surface area contributed by atoms with E-state index in [1.807, 2.05) is 6.07 Å². The molecule has 0 atom stereocenters. The third-order valence-electron chi connectivity index (χ3n) is 5.38. The number of hydrogen-bond donors (Lipinski definition) is 1. The highest BCUT2D eigenvalue weighted by atomic mass is 16.5. The summed E-state index contributed by atoms with van der Waals surface area (Å²) < 4.78 is 5.61. The standard InChI is InChI=1S/C22H38N2O3/c1-9-23(11-12-24(10-2)22(6,7)27-8)15-17-13-19(21(3,4)5)14-18(16-25)20(17)26/h13-14,16,26H,9-12,15H2,1-8H3. The Hall–Kier alpha value is -1.43. The number of phenolic OH excluding ortho intramolecular Hbond substituents is 1. The molecule has 0 aromatic heterocycles. The molecule has 0 amide bonds. The fourth-order valence-electron chi connectivity index (χ4n) is 3.15. The number of carbonyl (C=O) groups excluding carboxylic acids is 1. The van der Waals surface area contributed by atoms with Gasteiger partial charge in [0.05, 0.1) is 5.56 Å². The number of phenols is 1. The SMILES string of the molecule is CCN(CCN(CC)C(C)(C)OC)Cc1cc(C(C)(C)C)cc(C=O)c1O. The Morgan fingerprint density at radius 2 is 1.70 bits per heavy atom. The van der Waals surface area contributed by atoms with Crippen LogP contribution in [0.5, 0.6) is 5.75 Å².